The highest BCUT2D eigenvalue weighted by Gasteiger charge is 2.22. The Morgan fingerprint density at radius 1 is 0.957 bits per heavy atom. The van der Waals surface area contributed by atoms with Crippen molar-refractivity contribution in [3.8, 4) is 5.75 Å². The molecule has 0 aliphatic carbocycles. The zero-order valence-electron chi connectivity index (χ0n) is 14.8. The van der Waals surface area contributed by atoms with Crippen LogP contribution in [-0.4, -0.2) is 12.7 Å². The van der Waals surface area contributed by atoms with Crippen LogP contribution in [-0.2, 0) is 4.74 Å². The van der Waals surface area contributed by atoms with E-state index < -0.39 is 0 Å². The molecule has 1 unspecified atom stereocenters. The van der Waals surface area contributed by atoms with Gasteiger partial charge in [-0.2, -0.15) is 0 Å². The van der Waals surface area contributed by atoms with Crippen LogP contribution in [0.1, 0.15) is 83.6 Å². The van der Waals surface area contributed by atoms with Gasteiger partial charge < -0.3 is 9.47 Å². The topological polar surface area (TPSA) is 18.5 Å². The van der Waals surface area contributed by atoms with E-state index in [1.165, 1.54) is 56.9 Å². The van der Waals surface area contributed by atoms with E-state index in [2.05, 4.69) is 30.7 Å². The average molecular weight is 337 g/mol. The maximum atomic E-state index is 6.01. The van der Waals surface area contributed by atoms with Crippen LogP contribution in [0.25, 0.3) is 6.08 Å². The first-order chi connectivity index (χ1) is 11.3. The van der Waals surface area contributed by atoms with Crippen LogP contribution in [0.5, 0.6) is 5.75 Å². The van der Waals surface area contributed by atoms with Gasteiger partial charge in [-0.3, -0.25) is 0 Å². The quantitative estimate of drug-likeness (QED) is 0.390. The Labute approximate surface area is 145 Å². The Morgan fingerprint density at radius 3 is 2.35 bits per heavy atom. The van der Waals surface area contributed by atoms with E-state index >= 15 is 0 Å². The van der Waals surface area contributed by atoms with Crippen molar-refractivity contribution in [3.63, 3.8) is 0 Å². The van der Waals surface area contributed by atoms with Crippen LogP contribution >= 0.6 is 11.3 Å². The van der Waals surface area contributed by atoms with Crippen LogP contribution in [0.15, 0.2) is 16.5 Å². The van der Waals surface area contributed by atoms with Gasteiger partial charge in [0, 0.05) is 16.3 Å². The molecule has 0 saturated carbocycles. The average Bonchev–Trinajstić information content (AvgIpc) is 3.03. The largest absolute Gasteiger partial charge is 0.494 e. The van der Waals surface area contributed by atoms with E-state index in [1.54, 1.807) is 11.3 Å². The lowest BCUT2D eigenvalue weighted by molar-refractivity contribution is 0.111. The molecule has 1 aromatic rings. The summed E-state index contributed by atoms with van der Waals surface area (Å²) in [6.07, 6.45) is 15.3. The van der Waals surface area contributed by atoms with Gasteiger partial charge in [-0.1, -0.05) is 65.2 Å². The molecule has 0 bridgehead atoms. The molecule has 3 heteroatoms. The first-order valence-corrected chi connectivity index (χ1v) is 10.4. The van der Waals surface area contributed by atoms with Crippen molar-refractivity contribution in [2.24, 2.45) is 0 Å². The Kier molecular flexibility index (Phi) is 8.59. The number of fused-ring (bicyclic) bond motifs is 1. The lowest BCUT2D eigenvalue weighted by atomic mass is 10.1. The van der Waals surface area contributed by atoms with Crippen LogP contribution in [0.3, 0.4) is 0 Å². The summed E-state index contributed by atoms with van der Waals surface area (Å²) in [6.45, 7) is 5.24. The summed E-state index contributed by atoms with van der Waals surface area (Å²) >= 11 is 1.69. The normalized spacial score (nSPS) is 16.6. The molecule has 0 amide bonds. The van der Waals surface area contributed by atoms with E-state index in [1.807, 2.05) is 0 Å². The molecule has 130 valence electrons. The fourth-order valence-corrected chi connectivity index (χ4v) is 3.69. The van der Waals surface area contributed by atoms with Gasteiger partial charge in [0.1, 0.15) is 11.5 Å². The molecular formula is C20H32O2S. The summed E-state index contributed by atoms with van der Waals surface area (Å²) in [5.74, 6) is 2.02. The third-order valence-corrected chi connectivity index (χ3v) is 5.17. The molecule has 2 nitrogen and oxygen atoms in total. The lowest BCUT2D eigenvalue weighted by Crippen LogP contribution is -2.23. The van der Waals surface area contributed by atoms with Gasteiger partial charge in [-0.05, 0) is 18.9 Å². The van der Waals surface area contributed by atoms with Crippen molar-refractivity contribution in [2.75, 3.05) is 6.61 Å². The number of hydrogen-bond donors (Lipinski definition) is 0. The molecule has 0 N–H and O–H groups in total. The third-order valence-electron chi connectivity index (χ3n) is 4.43. The second kappa shape index (κ2) is 10.7. The second-order valence-electron chi connectivity index (χ2n) is 6.43. The smallest absolute Gasteiger partial charge is 0.155 e. The fourth-order valence-electron chi connectivity index (χ4n) is 2.98. The Bertz CT molecular complexity index is 464. The summed E-state index contributed by atoms with van der Waals surface area (Å²) in [4.78, 5) is 0. The summed E-state index contributed by atoms with van der Waals surface area (Å²) in [5.41, 5.74) is 1.17. The minimum Gasteiger partial charge on any atom is -0.494 e. The zero-order valence-corrected chi connectivity index (χ0v) is 15.6. The first-order valence-electron chi connectivity index (χ1n) is 9.42. The molecule has 2 heterocycles. The predicted octanol–water partition coefficient (Wildman–Crippen LogP) is 6.81. The maximum absolute atomic E-state index is 6.01. The monoisotopic (exact) mass is 336 g/mol. The Hall–Kier alpha value is -0.960. The van der Waals surface area contributed by atoms with Crippen molar-refractivity contribution < 1.29 is 9.47 Å². The van der Waals surface area contributed by atoms with Gasteiger partial charge >= 0.3 is 0 Å². The summed E-state index contributed by atoms with van der Waals surface area (Å²) in [5, 5.41) is 4.20. The molecule has 2 rings (SSSR count). The highest BCUT2D eigenvalue weighted by molar-refractivity contribution is 7.08. The molecule has 1 aliphatic rings. The minimum atomic E-state index is 0.0932. The molecule has 23 heavy (non-hydrogen) atoms. The van der Waals surface area contributed by atoms with Crippen molar-refractivity contribution >= 4 is 17.4 Å². The Balaban J connectivity index is 1.57. The van der Waals surface area contributed by atoms with Gasteiger partial charge in [0.05, 0.1) is 6.61 Å². The zero-order chi connectivity index (χ0) is 16.3. The Morgan fingerprint density at radius 2 is 1.65 bits per heavy atom. The summed E-state index contributed by atoms with van der Waals surface area (Å²) < 4.78 is 12.0. The molecule has 0 saturated heterocycles. The molecule has 1 atom stereocenters. The molecule has 0 aromatic carbocycles. The SMILES string of the molecule is CCCCCCCCCCCOC1=Cc2cscc2OC1CC. The summed E-state index contributed by atoms with van der Waals surface area (Å²) in [7, 11) is 0. The van der Waals surface area contributed by atoms with Crippen LogP contribution < -0.4 is 4.74 Å². The standard InChI is InChI=1S/C20H32O2S/c1-3-5-6-7-8-9-10-11-12-13-21-19-14-17-15-23-16-20(17)22-18(19)4-2/h14-16,18H,3-13H2,1-2H3. The van der Waals surface area contributed by atoms with Crippen LogP contribution in [0.2, 0.25) is 0 Å². The highest BCUT2D eigenvalue weighted by atomic mass is 32.1. The molecular weight excluding hydrogens is 304 g/mol. The van der Waals surface area contributed by atoms with Crippen molar-refractivity contribution in [2.45, 2.75) is 84.2 Å². The minimum absolute atomic E-state index is 0.0932. The molecule has 0 fully saturated rings. The predicted molar refractivity (Wildman–Crippen MR) is 100 cm³/mol. The van der Waals surface area contributed by atoms with Crippen LogP contribution in [0, 0.1) is 0 Å². The number of thiophene rings is 1. The van der Waals surface area contributed by atoms with E-state index in [4.69, 9.17) is 9.47 Å². The number of unbranched alkanes of at least 4 members (excludes halogenated alkanes) is 8. The van der Waals surface area contributed by atoms with Crippen molar-refractivity contribution in [1.29, 1.82) is 0 Å². The summed E-state index contributed by atoms with van der Waals surface area (Å²) in [6, 6.07) is 0. The molecule has 0 radical (unpaired) electrons. The maximum Gasteiger partial charge on any atom is 0.155 e. The molecule has 1 aromatic heterocycles. The van der Waals surface area contributed by atoms with Crippen molar-refractivity contribution in [1.82, 2.24) is 0 Å². The van der Waals surface area contributed by atoms with Crippen LogP contribution in [0.4, 0.5) is 0 Å². The highest BCUT2D eigenvalue weighted by Crippen LogP contribution is 2.34. The van der Waals surface area contributed by atoms with Crippen molar-refractivity contribution in [3.05, 3.63) is 22.1 Å². The van der Waals surface area contributed by atoms with E-state index in [0.717, 1.165) is 31.0 Å². The van der Waals surface area contributed by atoms with Gasteiger partial charge in [0.2, 0.25) is 0 Å². The van der Waals surface area contributed by atoms with Gasteiger partial charge in [-0.15, -0.1) is 11.3 Å². The van der Waals surface area contributed by atoms with Gasteiger partial charge in [0.15, 0.2) is 6.10 Å². The van der Waals surface area contributed by atoms with Gasteiger partial charge in [-0.25, -0.2) is 0 Å². The van der Waals surface area contributed by atoms with E-state index in [9.17, 15) is 0 Å². The number of ether oxygens (including phenoxy) is 2. The van der Waals surface area contributed by atoms with E-state index in [0.29, 0.717) is 0 Å². The van der Waals surface area contributed by atoms with Gasteiger partial charge in [0.25, 0.3) is 0 Å². The fraction of sp³-hybridized carbons (Fsp3) is 0.700. The van der Waals surface area contributed by atoms with E-state index in [-0.39, 0.29) is 6.10 Å². The second-order valence-corrected chi connectivity index (χ2v) is 7.17. The number of hydrogen-bond acceptors (Lipinski definition) is 3. The third kappa shape index (κ3) is 6.21. The molecule has 1 aliphatic heterocycles. The molecule has 0 spiro atoms. The number of rotatable bonds is 12. The first kappa shape index (κ1) is 18.4. The lowest BCUT2D eigenvalue weighted by Gasteiger charge is -2.24.